The molecule has 12 heavy (non-hydrogen) atoms. The van der Waals surface area contributed by atoms with Crippen LogP contribution >= 0.6 is 15.9 Å². The van der Waals surface area contributed by atoms with Crippen molar-refractivity contribution in [3.05, 3.63) is 34.3 Å². The van der Waals surface area contributed by atoms with Gasteiger partial charge in [0.15, 0.2) is 0 Å². The molecular formula is C9H4BrNO. The monoisotopic (exact) mass is 221 g/mol. The van der Waals surface area contributed by atoms with E-state index in [1.165, 1.54) is 0 Å². The van der Waals surface area contributed by atoms with E-state index < -0.39 is 0 Å². The fraction of sp³-hybridized carbons (Fsp3) is 0. The summed E-state index contributed by atoms with van der Waals surface area (Å²) in [5, 5.41) is 8.51. The molecule has 0 unspecified atom stereocenters. The number of hydrogen-bond acceptors (Lipinski definition) is 2. The summed E-state index contributed by atoms with van der Waals surface area (Å²) >= 11 is 3.24. The summed E-state index contributed by atoms with van der Waals surface area (Å²) in [6.45, 7) is 0. The summed E-state index contributed by atoms with van der Waals surface area (Å²) in [6.07, 6.45) is 0. The smallest absolute Gasteiger partial charge is 0.144 e. The SMILES string of the molecule is N#CC(=C=O)c1cccc(Br)c1. The van der Waals surface area contributed by atoms with Crippen LogP contribution in [0, 0.1) is 11.3 Å². The predicted octanol–water partition coefficient (Wildman–Crippen LogP) is 2.19. The molecule has 0 aliphatic carbocycles. The molecule has 0 bridgehead atoms. The number of halogens is 1. The van der Waals surface area contributed by atoms with Gasteiger partial charge in [-0.15, -0.1) is 0 Å². The number of rotatable bonds is 1. The molecule has 0 saturated heterocycles. The van der Waals surface area contributed by atoms with Crippen LogP contribution in [0.15, 0.2) is 28.7 Å². The van der Waals surface area contributed by atoms with Crippen LogP contribution in [0.3, 0.4) is 0 Å². The zero-order chi connectivity index (χ0) is 8.97. The highest BCUT2D eigenvalue weighted by molar-refractivity contribution is 9.10. The van der Waals surface area contributed by atoms with Gasteiger partial charge in [-0.3, -0.25) is 0 Å². The average molecular weight is 222 g/mol. The van der Waals surface area contributed by atoms with Gasteiger partial charge in [0.05, 0.1) is 0 Å². The van der Waals surface area contributed by atoms with E-state index in [0.717, 1.165) is 4.47 Å². The van der Waals surface area contributed by atoms with Crippen molar-refractivity contribution in [3.8, 4) is 6.07 Å². The number of hydrogen-bond donors (Lipinski definition) is 0. The molecule has 0 saturated carbocycles. The van der Waals surface area contributed by atoms with Gasteiger partial charge >= 0.3 is 0 Å². The van der Waals surface area contributed by atoms with E-state index in [0.29, 0.717) is 5.56 Å². The van der Waals surface area contributed by atoms with Crippen LogP contribution < -0.4 is 0 Å². The van der Waals surface area contributed by atoms with Crippen LogP contribution in [-0.2, 0) is 4.79 Å². The summed E-state index contributed by atoms with van der Waals surface area (Å²) in [5.41, 5.74) is 0.609. The minimum absolute atomic E-state index is 0.0244. The first kappa shape index (κ1) is 8.73. The first-order chi connectivity index (χ1) is 5.77. The summed E-state index contributed by atoms with van der Waals surface area (Å²) in [6, 6.07) is 8.73. The Kier molecular flexibility index (Phi) is 2.82. The van der Waals surface area contributed by atoms with E-state index in [1.807, 2.05) is 6.07 Å². The molecule has 3 heteroatoms. The lowest BCUT2D eigenvalue weighted by Crippen LogP contribution is -1.80. The van der Waals surface area contributed by atoms with Crippen LogP contribution in [0.4, 0.5) is 0 Å². The molecule has 0 fully saturated rings. The highest BCUT2D eigenvalue weighted by Gasteiger charge is 2.00. The molecule has 0 heterocycles. The Labute approximate surface area is 78.3 Å². The van der Waals surface area contributed by atoms with Gasteiger partial charge in [-0.2, -0.15) is 5.26 Å². The molecule has 0 spiro atoms. The van der Waals surface area contributed by atoms with E-state index in [1.54, 1.807) is 30.2 Å². The zero-order valence-corrected chi connectivity index (χ0v) is 7.63. The van der Waals surface area contributed by atoms with Gasteiger partial charge in [0, 0.05) is 10.0 Å². The van der Waals surface area contributed by atoms with Gasteiger partial charge in [0.25, 0.3) is 0 Å². The highest BCUT2D eigenvalue weighted by Crippen LogP contribution is 2.16. The molecule has 0 aliphatic rings. The van der Waals surface area contributed by atoms with Crippen LogP contribution in [0.5, 0.6) is 0 Å². The number of carbonyl (C=O) groups excluding carboxylic acids is 1. The molecule has 1 aromatic rings. The zero-order valence-electron chi connectivity index (χ0n) is 6.04. The van der Waals surface area contributed by atoms with Gasteiger partial charge in [-0.05, 0) is 12.1 Å². The molecule has 58 valence electrons. The molecule has 0 aromatic heterocycles. The van der Waals surface area contributed by atoms with Gasteiger partial charge in [-0.1, -0.05) is 28.1 Å². The van der Waals surface area contributed by atoms with E-state index >= 15 is 0 Å². The second-order valence-electron chi connectivity index (χ2n) is 2.10. The topological polar surface area (TPSA) is 40.9 Å². The van der Waals surface area contributed by atoms with Crippen molar-refractivity contribution in [2.24, 2.45) is 0 Å². The Morgan fingerprint density at radius 2 is 2.25 bits per heavy atom. The molecule has 1 aromatic carbocycles. The molecule has 0 N–H and O–H groups in total. The van der Waals surface area contributed by atoms with Crippen molar-refractivity contribution in [1.29, 1.82) is 5.26 Å². The minimum atomic E-state index is 0.0244. The fourth-order valence-electron chi connectivity index (χ4n) is 0.790. The van der Waals surface area contributed by atoms with E-state index in [4.69, 9.17) is 5.26 Å². The lowest BCUT2D eigenvalue weighted by atomic mass is 10.1. The molecule has 0 aliphatic heterocycles. The largest absolute Gasteiger partial charge is 0.232 e. The maximum absolute atomic E-state index is 10.2. The number of allylic oxidation sites excluding steroid dienone is 1. The summed E-state index contributed by atoms with van der Waals surface area (Å²) in [4.78, 5) is 10.2. The second kappa shape index (κ2) is 3.87. The average Bonchev–Trinajstić information content (AvgIpc) is 2.07. The minimum Gasteiger partial charge on any atom is -0.232 e. The maximum Gasteiger partial charge on any atom is 0.144 e. The Morgan fingerprint density at radius 3 is 2.75 bits per heavy atom. The third-order valence-corrected chi connectivity index (χ3v) is 1.82. The van der Waals surface area contributed by atoms with Gasteiger partial charge in [0.2, 0.25) is 0 Å². The lowest BCUT2D eigenvalue weighted by Gasteiger charge is -1.94. The van der Waals surface area contributed by atoms with E-state index in [9.17, 15) is 4.79 Å². The highest BCUT2D eigenvalue weighted by atomic mass is 79.9. The fourth-order valence-corrected chi connectivity index (χ4v) is 1.19. The van der Waals surface area contributed by atoms with Gasteiger partial charge in [-0.25, -0.2) is 4.79 Å². The Morgan fingerprint density at radius 1 is 1.50 bits per heavy atom. The molecule has 2 nitrogen and oxygen atoms in total. The van der Waals surface area contributed by atoms with Crippen molar-refractivity contribution in [2.45, 2.75) is 0 Å². The van der Waals surface area contributed by atoms with Crippen LogP contribution in [-0.4, -0.2) is 5.94 Å². The third kappa shape index (κ3) is 1.82. The summed E-state index contributed by atoms with van der Waals surface area (Å²) in [7, 11) is 0. The molecule has 0 amide bonds. The summed E-state index contributed by atoms with van der Waals surface area (Å²) in [5.74, 6) is 1.58. The van der Waals surface area contributed by atoms with Gasteiger partial charge < -0.3 is 0 Å². The van der Waals surface area contributed by atoms with Crippen molar-refractivity contribution in [2.75, 3.05) is 0 Å². The first-order valence-electron chi connectivity index (χ1n) is 3.19. The van der Waals surface area contributed by atoms with Crippen molar-refractivity contribution in [1.82, 2.24) is 0 Å². The Hall–Kier alpha value is -1.36. The second-order valence-corrected chi connectivity index (χ2v) is 3.01. The Bertz CT molecular complexity index is 386. The predicted molar refractivity (Wildman–Crippen MR) is 48.9 cm³/mol. The van der Waals surface area contributed by atoms with E-state index in [-0.39, 0.29) is 5.57 Å². The number of benzene rings is 1. The van der Waals surface area contributed by atoms with E-state index in [2.05, 4.69) is 15.9 Å². The van der Waals surface area contributed by atoms with Crippen LogP contribution in [0.1, 0.15) is 5.56 Å². The first-order valence-corrected chi connectivity index (χ1v) is 3.98. The summed E-state index contributed by atoms with van der Waals surface area (Å²) < 4.78 is 0.836. The lowest BCUT2D eigenvalue weighted by molar-refractivity contribution is 0.569. The molecule has 0 atom stereocenters. The van der Waals surface area contributed by atoms with Crippen molar-refractivity contribution < 1.29 is 4.79 Å². The number of nitriles is 1. The molecule has 0 radical (unpaired) electrons. The van der Waals surface area contributed by atoms with Crippen LogP contribution in [0.25, 0.3) is 5.57 Å². The van der Waals surface area contributed by atoms with Crippen LogP contribution in [0.2, 0.25) is 0 Å². The third-order valence-electron chi connectivity index (χ3n) is 1.33. The molecular weight excluding hydrogens is 218 g/mol. The maximum atomic E-state index is 10.2. The normalized spacial score (nSPS) is 8.33. The Balaban J connectivity index is 3.22. The standard InChI is InChI=1S/C9H4BrNO/c10-9-3-1-2-7(4-9)8(5-11)6-12/h1-4H. The van der Waals surface area contributed by atoms with Gasteiger partial charge in [0.1, 0.15) is 17.6 Å². The molecule has 1 rings (SSSR count). The number of nitrogens with zero attached hydrogens (tertiary/aromatic N) is 1. The van der Waals surface area contributed by atoms with Crippen molar-refractivity contribution >= 4 is 27.4 Å². The quantitative estimate of drug-likeness (QED) is 0.539. The van der Waals surface area contributed by atoms with Crippen molar-refractivity contribution in [3.63, 3.8) is 0 Å².